The molecule has 7 heteroatoms. The van der Waals surface area contributed by atoms with Crippen molar-refractivity contribution in [2.75, 3.05) is 13.1 Å². The summed E-state index contributed by atoms with van der Waals surface area (Å²) in [7, 11) is -3.62. The van der Waals surface area contributed by atoms with E-state index in [1.807, 2.05) is 0 Å². The number of hydrogen-bond donors (Lipinski definition) is 0. The van der Waals surface area contributed by atoms with Crippen molar-refractivity contribution in [1.82, 2.24) is 4.31 Å². The minimum absolute atomic E-state index is 0.430. The quantitative estimate of drug-likeness (QED) is 0.117. The zero-order chi connectivity index (χ0) is 26.0. The third-order valence-corrected chi connectivity index (χ3v) is 8.72. The van der Waals surface area contributed by atoms with E-state index in [2.05, 4.69) is 25.1 Å². The van der Waals surface area contributed by atoms with Gasteiger partial charge in [-0.15, -0.1) is 0 Å². The van der Waals surface area contributed by atoms with Crippen LogP contribution < -0.4 is 0 Å². The minimum atomic E-state index is -3.62. The van der Waals surface area contributed by atoms with E-state index in [9.17, 15) is 13.7 Å². The van der Waals surface area contributed by atoms with Gasteiger partial charge in [-0.2, -0.15) is 15.8 Å². The van der Waals surface area contributed by atoms with Gasteiger partial charge in [-0.3, -0.25) is 0 Å². The van der Waals surface area contributed by atoms with Crippen molar-refractivity contribution in [1.29, 1.82) is 15.8 Å². The molecule has 6 nitrogen and oxygen atoms in total. The summed E-state index contributed by atoms with van der Waals surface area (Å²) < 4.78 is 28.3. The third-order valence-electron chi connectivity index (χ3n) is 6.58. The Morgan fingerprint density at radius 1 is 0.600 bits per heavy atom. The molecular weight excluding hydrogens is 456 g/mol. The topological polar surface area (TPSA) is 109 Å². The molecule has 0 bridgehead atoms. The molecule has 0 aromatic rings. The maximum atomic E-state index is 13.3. The molecule has 0 radical (unpaired) electrons. The van der Waals surface area contributed by atoms with Crippen LogP contribution in [0.4, 0.5) is 0 Å². The van der Waals surface area contributed by atoms with Crippen molar-refractivity contribution in [3.63, 3.8) is 0 Å². The standard InChI is InChI=1S/C28H50N4O2S/c1-2-3-4-5-12-17-22-28(27-31)35(33,34)32(25-20-15-10-6-8-13-18-23-29)26-21-16-11-7-9-14-19-24-30/h28H,2-22,25-26H2,1H3. The number of hydrogen-bond acceptors (Lipinski definition) is 5. The highest BCUT2D eigenvalue weighted by atomic mass is 32.2. The Morgan fingerprint density at radius 3 is 1.43 bits per heavy atom. The Bertz CT molecular complexity index is 689. The largest absolute Gasteiger partial charge is 0.230 e. The van der Waals surface area contributed by atoms with Crippen molar-refractivity contribution in [2.45, 2.75) is 147 Å². The smallest absolute Gasteiger partial charge is 0.211 e. The Morgan fingerprint density at radius 2 is 1.00 bits per heavy atom. The molecule has 0 aliphatic rings. The normalized spacial score (nSPS) is 12.2. The first-order chi connectivity index (χ1) is 17.0. The van der Waals surface area contributed by atoms with Crippen molar-refractivity contribution >= 4 is 10.0 Å². The van der Waals surface area contributed by atoms with E-state index >= 15 is 0 Å². The van der Waals surface area contributed by atoms with Crippen molar-refractivity contribution in [3.05, 3.63) is 0 Å². The van der Waals surface area contributed by atoms with Crippen LogP contribution in [0.25, 0.3) is 0 Å². The molecule has 35 heavy (non-hydrogen) atoms. The predicted molar refractivity (Wildman–Crippen MR) is 144 cm³/mol. The molecule has 0 aromatic carbocycles. The van der Waals surface area contributed by atoms with Crippen LogP contribution in [0.15, 0.2) is 0 Å². The lowest BCUT2D eigenvalue weighted by atomic mass is 10.1. The van der Waals surface area contributed by atoms with Crippen LogP contribution in [0.1, 0.15) is 142 Å². The average Bonchev–Trinajstić information content (AvgIpc) is 2.85. The average molecular weight is 507 g/mol. The van der Waals surface area contributed by atoms with E-state index in [4.69, 9.17) is 10.5 Å². The lowest BCUT2D eigenvalue weighted by Crippen LogP contribution is -2.39. The van der Waals surface area contributed by atoms with Gasteiger partial charge in [-0.25, -0.2) is 12.7 Å². The van der Waals surface area contributed by atoms with Crippen LogP contribution in [0.3, 0.4) is 0 Å². The molecule has 0 spiro atoms. The van der Waals surface area contributed by atoms with E-state index in [1.165, 1.54) is 19.3 Å². The Balaban J connectivity index is 4.67. The molecule has 200 valence electrons. The van der Waals surface area contributed by atoms with Crippen LogP contribution in [0.2, 0.25) is 0 Å². The van der Waals surface area contributed by atoms with Crippen LogP contribution in [-0.2, 0) is 10.0 Å². The number of nitriles is 3. The predicted octanol–water partition coefficient (Wildman–Crippen LogP) is 7.77. The van der Waals surface area contributed by atoms with E-state index in [-0.39, 0.29) is 0 Å². The fourth-order valence-electron chi connectivity index (χ4n) is 4.34. The van der Waals surface area contributed by atoms with Crippen LogP contribution >= 0.6 is 0 Å². The summed E-state index contributed by atoms with van der Waals surface area (Å²) in [5, 5.41) is 26.0. The summed E-state index contributed by atoms with van der Waals surface area (Å²) in [6, 6.07) is 6.45. The van der Waals surface area contributed by atoms with Gasteiger partial charge >= 0.3 is 0 Å². The molecule has 1 atom stereocenters. The van der Waals surface area contributed by atoms with E-state index in [0.29, 0.717) is 32.4 Å². The molecule has 1 unspecified atom stereocenters. The van der Waals surface area contributed by atoms with Gasteiger partial charge in [0.2, 0.25) is 10.0 Å². The highest BCUT2D eigenvalue weighted by Crippen LogP contribution is 2.19. The fourth-order valence-corrected chi connectivity index (χ4v) is 6.06. The second-order valence-electron chi connectivity index (χ2n) is 9.68. The SMILES string of the molecule is CCCCCCCCC(C#N)S(=O)(=O)N(CCCCCCCCC#N)CCCCCCCCC#N. The lowest BCUT2D eigenvalue weighted by molar-refractivity contribution is 0.379. The maximum absolute atomic E-state index is 13.3. The number of rotatable bonds is 25. The first-order valence-electron chi connectivity index (χ1n) is 14.2. The molecule has 0 aliphatic heterocycles. The molecule has 0 amide bonds. The number of unbranched alkanes of at least 4 members (excludes halogenated alkanes) is 17. The zero-order valence-electron chi connectivity index (χ0n) is 22.4. The van der Waals surface area contributed by atoms with Gasteiger partial charge in [-0.1, -0.05) is 96.8 Å². The molecule has 0 heterocycles. The molecule has 0 fully saturated rings. The monoisotopic (exact) mass is 506 g/mol. The number of nitrogens with zero attached hydrogens (tertiary/aromatic N) is 4. The summed E-state index contributed by atoms with van der Waals surface area (Å²) in [5.41, 5.74) is 0. The molecular formula is C28H50N4O2S. The van der Waals surface area contributed by atoms with Gasteiger partial charge in [0.15, 0.2) is 5.25 Å². The zero-order valence-corrected chi connectivity index (χ0v) is 23.2. The molecule has 0 saturated carbocycles. The van der Waals surface area contributed by atoms with Gasteiger partial charge in [0, 0.05) is 25.9 Å². The molecule has 0 N–H and O–H groups in total. The third kappa shape index (κ3) is 18.3. The molecule has 0 aromatic heterocycles. The Hall–Kier alpha value is -1.62. The van der Waals surface area contributed by atoms with Crippen LogP contribution in [-0.4, -0.2) is 31.1 Å². The summed E-state index contributed by atoms with van der Waals surface area (Å²) >= 11 is 0. The van der Waals surface area contributed by atoms with Gasteiger partial charge in [0.1, 0.15) is 0 Å². The van der Waals surface area contributed by atoms with Crippen molar-refractivity contribution < 1.29 is 8.42 Å². The van der Waals surface area contributed by atoms with E-state index in [1.54, 1.807) is 4.31 Å². The number of sulfonamides is 1. The summed E-state index contributed by atoms with van der Waals surface area (Å²) in [6.45, 7) is 3.17. The van der Waals surface area contributed by atoms with Gasteiger partial charge < -0.3 is 0 Å². The lowest BCUT2D eigenvalue weighted by Gasteiger charge is -2.25. The Kier molecular flexibility index (Phi) is 23.0. The highest BCUT2D eigenvalue weighted by Gasteiger charge is 2.31. The highest BCUT2D eigenvalue weighted by molar-refractivity contribution is 7.90. The second kappa shape index (κ2) is 24.1. The van der Waals surface area contributed by atoms with Crippen LogP contribution in [0, 0.1) is 34.0 Å². The van der Waals surface area contributed by atoms with Crippen molar-refractivity contribution in [3.8, 4) is 18.2 Å². The Labute approximate surface area is 216 Å². The van der Waals surface area contributed by atoms with Crippen molar-refractivity contribution in [2.24, 2.45) is 0 Å². The fraction of sp³-hybridized carbons (Fsp3) is 0.893. The summed E-state index contributed by atoms with van der Waals surface area (Å²) in [6.07, 6.45) is 20.0. The summed E-state index contributed by atoms with van der Waals surface area (Å²) in [5.74, 6) is 0. The first kappa shape index (κ1) is 33.4. The maximum Gasteiger partial charge on any atom is 0.230 e. The summed E-state index contributed by atoms with van der Waals surface area (Å²) in [4.78, 5) is 0. The minimum Gasteiger partial charge on any atom is -0.211 e. The first-order valence-corrected chi connectivity index (χ1v) is 15.7. The second-order valence-corrected chi connectivity index (χ2v) is 11.8. The van der Waals surface area contributed by atoms with Gasteiger partial charge in [-0.05, 0) is 32.1 Å². The molecule has 0 aliphatic carbocycles. The molecule has 0 rings (SSSR count). The van der Waals surface area contributed by atoms with Gasteiger partial charge in [0.25, 0.3) is 0 Å². The van der Waals surface area contributed by atoms with Crippen LogP contribution in [0.5, 0.6) is 0 Å². The van der Waals surface area contributed by atoms with E-state index < -0.39 is 15.3 Å². The molecule has 0 saturated heterocycles. The van der Waals surface area contributed by atoms with Gasteiger partial charge in [0.05, 0.1) is 18.2 Å². The van der Waals surface area contributed by atoms with E-state index in [0.717, 1.165) is 96.3 Å².